The maximum atomic E-state index is 9.79. The first kappa shape index (κ1) is 10.5. The maximum Gasteiger partial charge on any atom is 0.0545 e. The van der Waals surface area contributed by atoms with Gasteiger partial charge in [0.15, 0.2) is 0 Å². The van der Waals surface area contributed by atoms with Crippen molar-refractivity contribution in [3.05, 3.63) is 0 Å². The van der Waals surface area contributed by atoms with Gasteiger partial charge in [-0.1, -0.05) is 20.8 Å². The zero-order chi connectivity index (χ0) is 10.3. The highest BCUT2D eigenvalue weighted by atomic mass is 16.3. The van der Waals surface area contributed by atoms with Crippen LogP contribution in [-0.4, -0.2) is 11.2 Å². The van der Waals surface area contributed by atoms with E-state index in [1.807, 2.05) is 0 Å². The molecular weight excluding hydrogens is 172 g/mol. The van der Waals surface area contributed by atoms with Gasteiger partial charge >= 0.3 is 0 Å². The first-order valence-electron chi connectivity index (χ1n) is 6.26. The second kappa shape index (κ2) is 3.84. The summed E-state index contributed by atoms with van der Waals surface area (Å²) in [5, 5.41) is 9.79. The van der Waals surface area contributed by atoms with Gasteiger partial charge in [0.1, 0.15) is 0 Å². The van der Waals surface area contributed by atoms with E-state index in [-0.39, 0.29) is 6.10 Å². The number of rotatable bonds is 0. The van der Waals surface area contributed by atoms with Gasteiger partial charge < -0.3 is 5.11 Å². The molecule has 0 aromatic heterocycles. The molecule has 2 aliphatic rings. The predicted molar refractivity (Wildman–Crippen MR) is 58.9 cm³/mol. The monoisotopic (exact) mass is 196 g/mol. The lowest BCUT2D eigenvalue weighted by atomic mass is 9.59. The number of hydrogen-bond acceptors (Lipinski definition) is 1. The summed E-state index contributed by atoms with van der Waals surface area (Å²) in [7, 11) is 0. The summed E-state index contributed by atoms with van der Waals surface area (Å²) in [5.41, 5.74) is 0. The van der Waals surface area contributed by atoms with Gasteiger partial charge in [-0.05, 0) is 55.3 Å². The molecule has 0 heterocycles. The summed E-state index contributed by atoms with van der Waals surface area (Å²) in [6, 6.07) is 0. The van der Waals surface area contributed by atoms with Gasteiger partial charge in [0, 0.05) is 0 Å². The summed E-state index contributed by atoms with van der Waals surface area (Å²) >= 11 is 0. The second-order valence-corrected chi connectivity index (χ2v) is 5.99. The van der Waals surface area contributed by atoms with Gasteiger partial charge in [-0.2, -0.15) is 0 Å². The molecule has 0 aromatic carbocycles. The lowest BCUT2D eigenvalue weighted by molar-refractivity contribution is -0.0234. The molecule has 82 valence electrons. The van der Waals surface area contributed by atoms with Gasteiger partial charge in [0.05, 0.1) is 6.10 Å². The van der Waals surface area contributed by atoms with Crippen LogP contribution in [0.5, 0.6) is 0 Å². The van der Waals surface area contributed by atoms with Crippen molar-refractivity contribution >= 4 is 0 Å². The SMILES string of the molecule is CC1CC(C)C2C(C)CC(O)CC2C1. The highest BCUT2D eigenvalue weighted by Crippen LogP contribution is 2.48. The summed E-state index contributed by atoms with van der Waals surface area (Å²) in [6.07, 6.45) is 4.87. The van der Waals surface area contributed by atoms with Crippen molar-refractivity contribution in [1.29, 1.82) is 0 Å². The minimum absolute atomic E-state index is 0.0104. The van der Waals surface area contributed by atoms with Gasteiger partial charge in [0.25, 0.3) is 0 Å². The molecule has 0 amide bonds. The molecule has 0 aromatic rings. The van der Waals surface area contributed by atoms with Crippen LogP contribution >= 0.6 is 0 Å². The molecule has 0 aliphatic heterocycles. The lowest BCUT2D eigenvalue weighted by Gasteiger charge is -2.47. The normalized spacial score (nSPS) is 54.0. The summed E-state index contributed by atoms with van der Waals surface area (Å²) in [6.45, 7) is 7.13. The molecule has 6 unspecified atom stereocenters. The van der Waals surface area contributed by atoms with Crippen LogP contribution in [0.1, 0.15) is 46.5 Å². The topological polar surface area (TPSA) is 20.2 Å². The van der Waals surface area contributed by atoms with Crippen molar-refractivity contribution in [1.82, 2.24) is 0 Å². The molecule has 1 nitrogen and oxygen atoms in total. The van der Waals surface area contributed by atoms with Crippen LogP contribution in [0.25, 0.3) is 0 Å². The fourth-order valence-electron chi connectivity index (χ4n) is 4.34. The zero-order valence-corrected chi connectivity index (χ0v) is 9.74. The fraction of sp³-hybridized carbons (Fsp3) is 1.00. The molecule has 0 bridgehead atoms. The van der Waals surface area contributed by atoms with Crippen molar-refractivity contribution < 1.29 is 5.11 Å². The average Bonchev–Trinajstić information content (AvgIpc) is 1.99. The number of hydrogen-bond donors (Lipinski definition) is 1. The Morgan fingerprint density at radius 2 is 1.50 bits per heavy atom. The first-order chi connectivity index (χ1) is 6.58. The molecule has 0 saturated heterocycles. The fourth-order valence-corrected chi connectivity index (χ4v) is 4.34. The Labute approximate surface area is 87.9 Å². The third-order valence-electron chi connectivity index (χ3n) is 4.56. The number of aliphatic hydroxyl groups excluding tert-OH is 1. The minimum Gasteiger partial charge on any atom is -0.393 e. The van der Waals surface area contributed by atoms with E-state index in [9.17, 15) is 5.11 Å². The van der Waals surface area contributed by atoms with Gasteiger partial charge in [-0.3, -0.25) is 0 Å². The number of aliphatic hydroxyl groups is 1. The molecule has 0 spiro atoms. The van der Waals surface area contributed by atoms with Crippen LogP contribution in [0.3, 0.4) is 0 Å². The Morgan fingerprint density at radius 1 is 0.857 bits per heavy atom. The zero-order valence-electron chi connectivity index (χ0n) is 9.74. The van der Waals surface area contributed by atoms with E-state index in [2.05, 4.69) is 20.8 Å². The molecule has 2 fully saturated rings. The molecule has 2 rings (SSSR count). The van der Waals surface area contributed by atoms with Crippen LogP contribution < -0.4 is 0 Å². The molecule has 14 heavy (non-hydrogen) atoms. The van der Waals surface area contributed by atoms with Crippen LogP contribution in [0, 0.1) is 29.6 Å². The second-order valence-electron chi connectivity index (χ2n) is 5.99. The Hall–Kier alpha value is -0.0400. The van der Waals surface area contributed by atoms with E-state index >= 15 is 0 Å². The van der Waals surface area contributed by atoms with E-state index in [0.29, 0.717) is 0 Å². The Bertz CT molecular complexity index is 181. The Morgan fingerprint density at radius 3 is 2.21 bits per heavy atom. The third-order valence-corrected chi connectivity index (χ3v) is 4.56. The van der Waals surface area contributed by atoms with Gasteiger partial charge in [0.2, 0.25) is 0 Å². The maximum absolute atomic E-state index is 9.79. The first-order valence-corrected chi connectivity index (χ1v) is 6.26. The molecule has 1 N–H and O–H groups in total. The van der Waals surface area contributed by atoms with E-state index < -0.39 is 0 Å². The number of fused-ring (bicyclic) bond motifs is 1. The summed E-state index contributed by atoms with van der Waals surface area (Å²) < 4.78 is 0. The summed E-state index contributed by atoms with van der Waals surface area (Å²) in [5.74, 6) is 4.21. The smallest absolute Gasteiger partial charge is 0.0545 e. The largest absolute Gasteiger partial charge is 0.393 e. The quantitative estimate of drug-likeness (QED) is 0.631. The van der Waals surface area contributed by atoms with Crippen molar-refractivity contribution in [3.63, 3.8) is 0 Å². The van der Waals surface area contributed by atoms with Crippen molar-refractivity contribution in [2.24, 2.45) is 29.6 Å². The van der Waals surface area contributed by atoms with Crippen molar-refractivity contribution in [2.45, 2.75) is 52.6 Å². The Kier molecular flexibility index (Phi) is 2.88. The van der Waals surface area contributed by atoms with E-state index in [1.54, 1.807) is 0 Å². The molecule has 2 aliphatic carbocycles. The highest BCUT2D eigenvalue weighted by Gasteiger charge is 2.41. The lowest BCUT2D eigenvalue weighted by Crippen LogP contribution is -2.41. The molecule has 1 heteroatoms. The van der Waals surface area contributed by atoms with Crippen LogP contribution in [0.2, 0.25) is 0 Å². The Balaban J connectivity index is 2.10. The van der Waals surface area contributed by atoms with E-state index in [1.165, 1.54) is 12.8 Å². The van der Waals surface area contributed by atoms with Crippen molar-refractivity contribution in [3.8, 4) is 0 Å². The third kappa shape index (κ3) is 1.84. The van der Waals surface area contributed by atoms with Crippen LogP contribution in [-0.2, 0) is 0 Å². The molecule has 2 saturated carbocycles. The summed E-state index contributed by atoms with van der Waals surface area (Å²) in [4.78, 5) is 0. The predicted octanol–water partition coefficient (Wildman–Crippen LogP) is 3.08. The molecular formula is C13H24O. The average molecular weight is 196 g/mol. The van der Waals surface area contributed by atoms with Gasteiger partial charge in [-0.25, -0.2) is 0 Å². The van der Waals surface area contributed by atoms with Gasteiger partial charge in [-0.15, -0.1) is 0 Å². The van der Waals surface area contributed by atoms with E-state index in [0.717, 1.165) is 42.4 Å². The highest BCUT2D eigenvalue weighted by molar-refractivity contribution is 4.91. The van der Waals surface area contributed by atoms with Crippen molar-refractivity contribution in [2.75, 3.05) is 0 Å². The standard InChI is InChI=1S/C13H24O/c1-8-4-9(2)13-10(3)6-12(14)7-11(13)5-8/h8-14H,4-7H2,1-3H3. The van der Waals surface area contributed by atoms with Crippen LogP contribution in [0.15, 0.2) is 0 Å². The molecule has 6 atom stereocenters. The molecule has 0 radical (unpaired) electrons. The minimum atomic E-state index is -0.0104. The van der Waals surface area contributed by atoms with Crippen LogP contribution in [0.4, 0.5) is 0 Å². The van der Waals surface area contributed by atoms with E-state index in [4.69, 9.17) is 0 Å².